The summed E-state index contributed by atoms with van der Waals surface area (Å²) in [7, 11) is 1.00. The number of fused-ring (bicyclic) bond motifs is 2. The van der Waals surface area contributed by atoms with Crippen molar-refractivity contribution in [3.8, 4) is 11.5 Å². The van der Waals surface area contributed by atoms with Gasteiger partial charge in [-0.2, -0.15) is 0 Å². The quantitative estimate of drug-likeness (QED) is 0.160. The van der Waals surface area contributed by atoms with Gasteiger partial charge in [0.2, 0.25) is 0 Å². The molecule has 0 amide bonds. The number of carbonyl (C=O) groups excluding carboxylic acids is 4. The minimum absolute atomic E-state index is 0. The third-order valence-corrected chi connectivity index (χ3v) is 6.15. The number of aromatic carboxylic acids is 4. The Morgan fingerprint density at radius 2 is 0.769 bits per heavy atom. The summed E-state index contributed by atoms with van der Waals surface area (Å²) in [5.74, 6) is -5.46. The number of aliphatic hydroxyl groups excluding tert-OH is 1. The van der Waals surface area contributed by atoms with Crippen molar-refractivity contribution in [3.63, 3.8) is 0 Å². The topological polar surface area (TPSA) is 307 Å². The number of aromatic nitrogens is 4. The number of hydrogen-bond acceptors (Lipinski definition) is 13. The molecular formula is C35H32N4NiO12. The maximum atomic E-state index is 10.2. The molecule has 0 radical (unpaired) electrons. The van der Waals surface area contributed by atoms with Gasteiger partial charge in [0.1, 0.15) is 0 Å². The van der Waals surface area contributed by atoms with Gasteiger partial charge in [-0.1, -0.05) is 24.3 Å². The van der Waals surface area contributed by atoms with E-state index >= 15 is 0 Å². The van der Waals surface area contributed by atoms with E-state index in [0.29, 0.717) is 11.5 Å². The number of phenolic OH excluding ortho intramolecular Hbond substituents is 2. The monoisotopic (exact) mass is 758 g/mol. The molecular weight excluding hydrogens is 727 g/mol. The number of aryl methyl sites for hydroxylation is 2. The molecule has 274 valence electrons. The van der Waals surface area contributed by atoms with Crippen LogP contribution in [-0.2, 0) is 16.5 Å². The van der Waals surface area contributed by atoms with Crippen molar-refractivity contribution in [2.45, 2.75) is 13.8 Å². The molecule has 6 rings (SSSR count). The van der Waals surface area contributed by atoms with Crippen molar-refractivity contribution in [2.24, 2.45) is 0 Å². The number of carbonyl (C=O) groups is 4. The van der Waals surface area contributed by atoms with Crippen molar-refractivity contribution in [1.29, 1.82) is 0 Å². The summed E-state index contributed by atoms with van der Waals surface area (Å²) in [6.45, 7) is 3.93. The average molecular weight is 759 g/mol. The molecule has 4 heterocycles. The molecule has 0 saturated heterocycles. The van der Waals surface area contributed by atoms with Gasteiger partial charge in [-0.3, -0.25) is 0 Å². The number of hydrogen-bond donors (Lipinski definition) is 3. The number of carboxylic acids is 4. The Morgan fingerprint density at radius 1 is 0.500 bits per heavy atom. The summed E-state index contributed by atoms with van der Waals surface area (Å²) in [5, 5.41) is 68.7. The van der Waals surface area contributed by atoms with Crippen LogP contribution >= 0.6 is 0 Å². The van der Waals surface area contributed by atoms with Gasteiger partial charge in [-0.15, -0.1) is 0 Å². The smallest absolute Gasteiger partial charge is 0.543 e. The second-order valence-electron chi connectivity index (χ2n) is 9.73. The van der Waals surface area contributed by atoms with E-state index in [4.69, 9.17) is 5.11 Å². The largest absolute Gasteiger partial charge is 2.00 e. The van der Waals surface area contributed by atoms with Gasteiger partial charge in [0.15, 0.2) is 22.9 Å². The van der Waals surface area contributed by atoms with Crippen molar-refractivity contribution < 1.29 is 86.9 Å². The maximum Gasteiger partial charge on any atom is 2.00 e. The fourth-order valence-corrected chi connectivity index (χ4v) is 3.90. The summed E-state index contributed by atoms with van der Waals surface area (Å²) >= 11 is 0. The maximum absolute atomic E-state index is 10.2. The Balaban J connectivity index is 0.000000648. The van der Waals surface area contributed by atoms with Crippen molar-refractivity contribution >= 4 is 45.7 Å². The van der Waals surface area contributed by atoms with Crippen LogP contribution in [0.1, 0.15) is 53.3 Å². The van der Waals surface area contributed by atoms with Crippen LogP contribution in [-0.4, -0.2) is 61.8 Å². The Kier molecular flexibility index (Phi) is 19.4. The Morgan fingerprint density at radius 3 is 1.04 bits per heavy atom. The number of carboxylic acid groups (broad SMARTS) is 4. The third kappa shape index (κ3) is 13.8. The van der Waals surface area contributed by atoms with Crippen LogP contribution in [0.5, 0.6) is 11.5 Å². The van der Waals surface area contributed by atoms with Crippen LogP contribution < -0.4 is 30.4 Å². The number of phenols is 2. The molecule has 16 nitrogen and oxygen atoms in total. The molecule has 2 aromatic carbocycles. The van der Waals surface area contributed by atoms with Crippen LogP contribution in [0, 0.1) is 13.8 Å². The molecule has 0 aliphatic heterocycles. The molecule has 52 heavy (non-hydrogen) atoms. The van der Waals surface area contributed by atoms with E-state index in [1.165, 1.54) is 12.1 Å². The molecule has 0 saturated carbocycles. The number of aromatic amines is 2. The van der Waals surface area contributed by atoms with E-state index in [9.17, 15) is 49.8 Å². The molecule has 0 spiro atoms. The molecule has 0 unspecified atom stereocenters. The molecule has 6 aromatic rings. The van der Waals surface area contributed by atoms with Gasteiger partial charge >= 0.3 is 16.5 Å². The SMILES string of the molecule is CO.Cc1ccc2cccc(O)c2[nH+]1.Cc1ccc2cccc(O)c2[nH+]1.O.O=C([O-])c1cccc(C(=O)[O-])n1.O=C([O-])c1cccc(C(=O)[O-])n1.[Ni+2]. The third-order valence-electron chi connectivity index (χ3n) is 6.15. The molecule has 0 atom stereocenters. The molecule has 0 fully saturated rings. The molecule has 0 bridgehead atoms. The van der Waals surface area contributed by atoms with E-state index in [2.05, 4.69) is 19.9 Å². The summed E-state index contributed by atoms with van der Waals surface area (Å²) in [6, 6.07) is 26.0. The fraction of sp³-hybridized carbons (Fsp3) is 0.0857. The van der Waals surface area contributed by atoms with Crippen LogP contribution in [0.25, 0.3) is 21.8 Å². The molecule has 0 aliphatic carbocycles. The number of H-pyrrole nitrogens is 2. The van der Waals surface area contributed by atoms with E-state index in [0.717, 1.165) is 64.6 Å². The van der Waals surface area contributed by atoms with Crippen LogP contribution in [0.4, 0.5) is 0 Å². The molecule has 4 aromatic heterocycles. The Labute approximate surface area is 305 Å². The first-order valence-electron chi connectivity index (χ1n) is 14.2. The number of nitrogens with one attached hydrogen (secondary N) is 2. The predicted molar refractivity (Wildman–Crippen MR) is 171 cm³/mol. The average Bonchev–Trinajstić information content (AvgIpc) is 3.11. The standard InChI is InChI=1S/2C10H9NO.2C7H5NO4.CH4O.Ni.H2O/c2*1-7-5-6-8-3-2-4-9(12)10(8)11-7;2*9-6(10)4-2-1-3-5(8-4)7(11)12;1-2;;/h2*2-6,12H,1H3;2*1-3H,(H,9,10)(H,11,12);2H,1H3;;1H2/q;;;;;+2;/p-2. The molecule has 17 heteroatoms. The number of rotatable bonds is 4. The first-order chi connectivity index (χ1) is 23.8. The van der Waals surface area contributed by atoms with Crippen molar-refractivity contribution in [3.05, 3.63) is 131 Å². The zero-order valence-corrected chi connectivity index (χ0v) is 28.5. The van der Waals surface area contributed by atoms with Gasteiger partial charge in [0, 0.05) is 33.1 Å². The number of aliphatic hydroxyl groups is 1. The second-order valence-corrected chi connectivity index (χ2v) is 9.73. The first kappa shape index (κ1) is 45.5. The van der Waals surface area contributed by atoms with Gasteiger partial charge in [-0.05, 0) is 60.7 Å². The van der Waals surface area contributed by atoms with Gasteiger partial charge in [0.05, 0.1) is 57.4 Å². The zero-order valence-electron chi connectivity index (χ0n) is 27.6. The number of benzene rings is 2. The van der Waals surface area contributed by atoms with E-state index in [1.54, 1.807) is 12.1 Å². The minimum Gasteiger partial charge on any atom is -0.543 e. The van der Waals surface area contributed by atoms with Gasteiger partial charge in [-0.25, -0.2) is 19.9 Å². The molecule has 0 aliphatic rings. The molecule has 7 N–H and O–H groups in total. The summed E-state index contributed by atoms with van der Waals surface area (Å²) < 4.78 is 0. The fourth-order valence-electron chi connectivity index (χ4n) is 3.90. The summed E-state index contributed by atoms with van der Waals surface area (Å²) in [5.41, 5.74) is 2.02. The zero-order chi connectivity index (χ0) is 37.4. The van der Waals surface area contributed by atoms with Gasteiger partial charge < -0.3 is 60.4 Å². The first-order valence-corrected chi connectivity index (χ1v) is 14.2. The van der Waals surface area contributed by atoms with Crippen LogP contribution in [0.15, 0.2) is 97.1 Å². The summed E-state index contributed by atoms with van der Waals surface area (Å²) in [6.07, 6.45) is 0. The Bertz CT molecular complexity index is 1920. The number of aromatic hydroxyl groups is 2. The van der Waals surface area contributed by atoms with Crippen molar-refractivity contribution in [2.75, 3.05) is 7.11 Å². The van der Waals surface area contributed by atoms with Crippen molar-refractivity contribution in [1.82, 2.24) is 9.97 Å². The number of para-hydroxylation sites is 2. The van der Waals surface area contributed by atoms with E-state index in [-0.39, 0.29) is 22.0 Å². The minimum atomic E-state index is -1.52. The van der Waals surface area contributed by atoms with Crippen LogP contribution in [0.3, 0.4) is 0 Å². The normalized spacial score (nSPS) is 9.23. The van der Waals surface area contributed by atoms with E-state index < -0.39 is 46.7 Å². The predicted octanol–water partition coefficient (Wildman–Crippen LogP) is -2.27. The van der Waals surface area contributed by atoms with Crippen LogP contribution in [0.2, 0.25) is 0 Å². The van der Waals surface area contributed by atoms with Gasteiger partial charge in [0.25, 0.3) is 11.0 Å². The van der Waals surface area contributed by atoms with E-state index in [1.807, 2.05) is 62.4 Å². The number of pyridine rings is 4. The number of nitrogens with zero attached hydrogens (tertiary/aromatic N) is 2. The second kappa shape index (κ2) is 22.2. The Hall–Kier alpha value is -6.55. The summed E-state index contributed by atoms with van der Waals surface area (Å²) in [4.78, 5) is 53.5.